The Balaban J connectivity index is 1.76. The highest BCUT2D eigenvalue weighted by Gasteiger charge is 2.35. The number of aryl methyl sites for hydroxylation is 1. The van der Waals surface area contributed by atoms with E-state index in [1.807, 2.05) is 41.0 Å². The number of hydrogen-bond acceptors (Lipinski definition) is 5. The van der Waals surface area contributed by atoms with Crippen molar-refractivity contribution in [3.63, 3.8) is 0 Å². The molecule has 2 bridgehead atoms. The molecule has 1 saturated heterocycles. The van der Waals surface area contributed by atoms with E-state index in [4.69, 9.17) is 4.52 Å². The third kappa shape index (κ3) is 5.77. The average molecular weight is 481 g/mol. The summed E-state index contributed by atoms with van der Waals surface area (Å²) in [6.45, 7) is 11.1. The van der Waals surface area contributed by atoms with E-state index in [1.54, 1.807) is 6.92 Å². The van der Waals surface area contributed by atoms with Gasteiger partial charge in [0.25, 0.3) is 5.91 Å². The van der Waals surface area contributed by atoms with Crippen molar-refractivity contribution in [3.05, 3.63) is 47.3 Å². The van der Waals surface area contributed by atoms with Gasteiger partial charge in [-0.25, -0.2) is 0 Å². The number of para-hydroxylation sites is 1. The fourth-order valence-electron chi connectivity index (χ4n) is 5.61. The van der Waals surface area contributed by atoms with Crippen molar-refractivity contribution >= 4 is 17.5 Å². The topological polar surface area (TPSA) is 69.9 Å². The van der Waals surface area contributed by atoms with Crippen LogP contribution in [-0.4, -0.2) is 58.5 Å². The lowest BCUT2D eigenvalue weighted by Gasteiger charge is -2.44. The number of rotatable bonds is 5. The molecular formula is C28H40N4O3. The molecule has 2 aromatic rings. The van der Waals surface area contributed by atoms with Crippen molar-refractivity contribution in [1.29, 1.82) is 0 Å². The first kappa shape index (κ1) is 25.4. The van der Waals surface area contributed by atoms with Crippen molar-refractivity contribution < 1.29 is 14.1 Å². The van der Waals surface area contributed by atoms with E-state index in [-0.39, 0.29) is 11.8 Å². The molecule has 2 aliphatic rings. The Kier molecular flexibility index (Phi) is 8.26. The summed E-state index contributed by atoms with van der Waals surface area (Å²) >= 11 is 0. The molecule has 1 aromatic heterocycles. The Morgan fingerprint density at radius 1 is 1.14 bits per heavy atom. The molecule has 0 radical (unpaired) electrons. The molecule has 3 heterocycles. The number of amides is 2. The number of fused-ring (bicyclic) bond motifs is 3. The average Bonchev–Trinajstić information content (AvgIpc) is 3.28. The summed E-state index contributed by atoms with van der Waals surface area (Å²) in [5.74, 6) is 1.23. The molecule has 190 valence electrons. The summed E-state index contributed by atoms with van der Waals surface area (Å²) in [4.78, 5) is 33.4. The fraction of sp³-hybridized carbons (Fsp3) is 0.607. The Hall–Kier alpha value is -2.67. The van der Waals surface area contributed by atoms with E-state index in [9.17, 15) is 9.59 Å². The molecule has 1 aromatic carbocycles. The van der Waals surface area contributed by atoms with E-state index in [2.05, 4.69) is 23.9 Å². The monoisotopic (exact) mass is 480 g/mol. The maximum absolute atomic E-state index is 13.8. The number of anilines is 1. The third-order valence-corrected chi connectivity index (χ3v) is 7.61. The summed E-state index contributed by atoms with van der Waals surface area (Å²) in [6, 6.07) is 8.77. The lowest BCUT2D eigenvalue weighted by Crippen LogP contribution is -2.53. The van der Waals surface area contributed by atoms with Crippen LogP contribution in [0.2, 0.25) is 0 Å². The van der Waals surface area contributed by atoms with Gasteiger partial charge in [0.1, 0.15) is 11.3 Å². The molecular weight excluding hydrogens is 440 g/mol. The second-order valence-electron chi connectivity index (χ2n) is 10.5. The first-order valence-corrected chi connectivity index (χ1v) is 13.2. The smallest absolute Gasteiger partial charge is 0.259 e. The van der Waals surface area contributed by atoms with Crippen molar-refractivity contribution in [2.24, 2.45) is 5.92 Å². The molecule has 7 nitrogen and oxygen atoms in total. The number of nitrogens with zero attached hydrogens (tertiary/aromatic N) is 4. The zero-order valence-electron chi connectivity index (χ0n) is 21.7. The quantitative estimate of drug-likeness (QED) is 0.600. The standard InChI is InChI=1S/C28H40N4O3/c1-5-27(33)32-16-14-23-10-8-11-24(31(23)15-13-20(2)3)19-30(18-22-9-6-7-12-26(22)32)28(34)25-17-29-35-21(25)4/h6-7,9,12,17,20,23-24H,5,8,10-11,13-16,18-19H2,1-4H3. The first-order chi connectivity index (χ1) is 16.9. The van der Waals surface area contributed by atoms with E-state index in [0.717, 1.165) is 49.9 Å². The van der Waals surface area contributed by atoms with E-state index in [1.165, 1.54) is 6.20 Å². The lowest BCUT2D eigenvalue weighted by molar-refractivity contribution is -0.118. The van der Waals surface area contributed by atoms with Crippen LogP contribution in [0.1, 0.15) is 81.0 Å². The van der Waals surface area contributed by atoms with Gasteiger partial charge in [0.2, 0.25) is 5.91 Å². The summed E-state index contributed by atoms with van der Waals surface area (Å²) in [7, 11) is 0. The lowest BCUT2D eigenvalue weighted by atomic mass is 9.92. The minimum absolute atomic E-state index is 0.0582. The maximum Gasteiger partial charge on any atom is 0.259 e. The number of carbonyl (C=O) groups is 2. The molecule has 0 aliphatic carbocycles. The van der Waals surface area contributed by atoms with E-state index < -0.39 is 0 Å². The largest absolute Gasteiger partial charge is 0.361 e. The van der Waals surface area contributed by atoms with Gasteiger partial charge in [-0.1, -0.05) is 50.5 Å². The number of carbonyl (C=O) groups excluding carboxylic acids is 2. The summed E-state index contributed by atoms with van der Waals surface area (Å²) in [5.41, 5.74) is 2.44. The predicted octanol–water partition coefficient (Wildman–Crippen LogP) is 5.04. The number of hydrogen-bond donors (Lipinski definition) is 0. The van der Waals surface area contributed by atoms with Crippen LogP contribution in [-0.2, 0) is 11.3 Å². The molecule has 0 N–H and O–H groups in total. The van der Waals surface area contributed by atoms with Gasteiger partial charge in [0.15, 0.2) is 0 Å². The number of aromatic nitrogens is 1. The molecule has 2 atom stereocenters. The van der Waals surface area contributed by atoms with Crippen LogP contribution in [0.3, 0.4) is 0 Å². The van der Waals surface area contributed by atoms with Crippen LogP contribution in [0, 0.1) is 12.8 Å². The highest BCUT2D eigenvalue weighted by Crippen LogP contribution is 2.31. The van der Waals surface area contributed by atoms with E-state index in [0.29, 0.717) is 55.4 Å². The second-order valence-corrected chi connectivity index (χ2v) is 10.5. The molecule has 35 heavy (non-hydrogen) atoms. The molecule has 1 fully saturated rings. The van der Waals surface area contributed by atoms with Crippen LogP contribution in [0.4, 0.5) is 5.69 Å². The van der Waals surface area contributed by atoms with Crippen LogP contribution in [0.5, 0.6) is 0 Å². The van der Waals surface area contributed by atoms with Gasteiger partial charge in [-0.3, -0.25) is 14.5 Å². The normalized spacial score (nSPS) is 21.5. The third-order valence-electron chi connectivity index (χ3n) is 7.61. The minimum atomic E-state index is -0.0582. The Bertz CT molecular complexity index is 1020. The Labute approximate surface area is 209 Å². The Morgan fingerprint density at radius 3 is 2.63 bits per heavy atom. The molecule has 2 amide bonds. The molecule has 4 rings (SSSR count). The molecule has 7 heteroatoms. The van der Waals surface area contributed by atoms with Crippen LogP contribution in [0.15, 0.2) is 35.0 Å². The van der Waals surface area contributed by atoms with Crippen LogP contribution in [0.25, 0.3) is 0 Å². The fourth-order valence-corrected chi connectivity index (χ4v) is 5.61. The molecule has 0 spiro atoms. The van der Waals surface area contributed by atoms with Gasteiger partial charge in [0, 0.05) is 43.8 Å². The van der Waals surface area contributed by atoms with Crippen LogP contribution >= 0.6 is 0 Å². The van der Waals surface area contributed by atoms with Gasteiger partial charge in [0.05, 0.1) is 6.20 Å². The van der Waals surface area contributed by atoms with Crippen molar-refractivity contribution in [2.45, 2.75) is 84.8 Å². The van der Waals surface area contributed by atoms with E-state index >= 15 is 0 Å². The maximum atomic E-state index is 13.8. The van der Waals surface area contributed by atoms with Gasteiger partial charge in [-0.05, 0) is 56.7 Å². The second kappa shape index (κ2) is 11.4. The highest BCUT2D eigenvalue weighted by atomic mass is 16.5. The van der Waals surface area contributed by atoms with Gasteiger partial charge in [-0.2, -0.15) is 0 Å². The molecule has 0 saturated carbocycles. The first-order valence-electron chi connectivity index (χ1n) is 13.2. The zero-order valence-corrected chi connectivity index (χ0v) is 21.7. The van der Waals surface area contributed by atoms with Crippen LogP contribution < -0.4 is 4.90 Å². The molecule has 2 aliphatic heterocycles. The van der Waals surface area contributed by atoms with Gasteiger partial charge < -0.3 is 14.3 Å². The highest BCUT2D eigenvalue weighted by molar-refractivity contribution is 5.96. The van der Waals surface area contributed by atoms with Crippen molar-refractivity contribution in [3.8, 4) is 0 Å². The summed E-state index contributed by atoms with van der Waals surface area (Å²) < 4.78 is 5.24. The zero-order chi connectivity index (χ0) is 24.9. The van der Waals surface area contributed by atoms with Gasteiger partial charge in [-0.15, -0.1) is 0 Å². The number of piperidine rings is 1. The Morgan fingerprint density at radius 2 is 1.91 bits per heavy atom. The van der Waals surface area contributed by atoms with Gasteiger partial charge >= 0.3 is 0 Å². The van der Waals surface area contributed by atoms with Crippen molar-refractivity contribution in [2.75, 3.05) is 24.5 Å². The summed E-state index contributed by atoms with van der Waals surface area (Å²) in [5, 5.41) is 3.86. The predicted molar refractivity (Wildman–Crippen MR) is 137 cm³/mol. The minimum Gasteiger partial charge on any atom is -0.361 e. The van der Waals surface area contributed by atoms with Crippen molar-refractivity contribution in [1.82, 2.24) is 15.0 Å². The SMILES string of the molecule is CCC(=O)N1CCC2CCCC(CN(C(=O)c3cnoc3C)Cc3ccccc31)N2CCC(C)C. The number of benzene rings is 1. The summed E-state index contributed by atoms with van der Waals surface area (Å²) in [6.07, 6.45) is 7.44. The molecule has 2 unspecified atom stereocenters.